The van der Waals surface area contributed by atoms with Crippen molar-refractivity contribution >= 4 is 17.9 Å². The van der Waals surface area contributed by atoms with Crippen molar-refractivity contribution in [2.45, 2.75) is 43.1 Å². The zero-order chi connectivity index (χ0) is 30.6. The molecule has 0 aromatic heterocycles. The Bertz CT molecular complexity index is 1300. The molecule has 3 amide bonds. The average Bonchev–Trinajstić information content (AvgIpc) is 3.64. The van der Waals surface area contributed by atoms with E-state index < -0.39 is 54.1 Å². The summed E-state index contributed by atoms with van der Waals surface area (Å²) in [5.74, 6) is -1.69. The van der Waals surface area contributed by atoms with Crippen molar-refractivity contribution in [2.75, 3.05) is 59.6 Å². The van der Waals surface area contributed by atoms with E-state index in [0.29, 0.717) is 62.3 Å². The SMILES string of the molecule is COCCN1CCN(C(=O)OCC(=O)N2C[C@H](F)C[C@H]2C(=O)N[C@@H](c2ccccc2)c2ccc(C3(N)CC3)c(F)c2)CC1. The quantitative estimate of drug-likeness (QED) is 0.431. The van der Waals surface area contributed by atoms with Crippen LogP contribution in [0.5, 0.6) is 0 Å². The van der Waals surface area contributed by atoms with Gasteiger partial charge in [0.15, 0.2) is 6.61 Å². The minimum atomic E-state index is -1.42. The second-order valence-electron chi connectivity index (χ2n) is 11.5. The summed E-state index contributed by atoms with van der Waals surface area (Å²) in [6.45, 7) is 2.70. The first kappa shape index (κ1) is 30.8. The number of ether oxygens (including phenoxy) is 2. The van der Waals surface area contributed by atoms with Crippen LogP contribution in [0.15, 0.2) is 48.5 Å². The molecule has 0 spiro atoms. The molecule has 2 saturated heterocycles. The van der Waals surface area contributed by atoms with Gasteiger partial charge in [-0.3, -0.25) is 14.5 Å². The molecule has 232 valence electrons. The molecule has 3 fully saturated rings. The first-order valence-corrected chi connectivity index (χ1v) is 14.7. The second kappa shape index (κ2) is 13.4. The number of rotatable bonds is 10. The fraction of sp³-hybridized carbons (Fsp3) is 0.516. The Morgan fingerprint density at radius 3 is 2.44 bits per heavy atom. The zero-order valence-electron chi connectivity index (χ0n) is 24.3. The number of amides is 3. The first-order chi connectivity index (χ1) is 20.7. The number of nitrogens with zero attached hydrogens (tertiary/aromatic N) is 3. The third-order valence-electron chi connectivity index (χ3n) is 8.51. The highest BCUT2D eigenvalue weighted by molar-refractivity contribution is 5.90. The number of carbonyl (C=O) groups excluding carboxylic acids is 3. The number of nitrogens with one attached hydrogen (secondary N) is 1. The van der Waals surface area contributed by atoms with E-state index in [9.17, 15) is 18.8 Å². The highest BCUT2D eigenvalue weighted by Crippen LogP contribution is 2.44. The summed E-state index contributed by atoms with van der Waals surface area (Å²) in [6.07, 6.45) is -0.824. The molecule has 5 rings (SSSR count). The van der Waals surface area contributed by atoms with Gasteiger partial charge in [-0.2, -0.15) is 0 Å². The van der Waals surface area contributed by atoms with Crippen molar-refractivity contribution in [1.82, 2.24) is 20.0 Å². The van der Waals surface area contributed by atoms with Crippen molar-refractivity contribution in [1.29, 1.82) is 0 Å². The number of piperazine rings is 1. The first-order valence-electron chi connectivity index (χ1n) is 14.7. The molecule has 3 atom stereocenters. The number of carbonyl (C=O) groups is 3. The van der Waals surface area contributed by atoms with Crippen LogP contribution in [0.3, 0.4) is 0 Å². The van der Waals surface area contributed by atoms with Crippen molar-refractivity contribution in [3.63, 3.8) is 0 Å². The molecule has 2 aliphatic heterocycles. The van der Waals surface area contributed by atoms with Crippen LogP contribution in [-0.2, 0) is 24.6 Å². The van der Waals surface area contributed by atoms with E-state index in [0.717, 1.165) is 11.4 Å². The molecule has 43 heavy (non-hydrogen) atoms. The number of hydrogen-bond acceptors (Lipinski definition) is 7. The zero-order valence-corrected chi connectivity index (χ0v) is 24.3. The normalized spacial score (nSPS) is 22.2. The number of hydrogen-bond donors (Lipinski definition) is 2. The van der Waals surface area contributed by atoms with E-state index in [-0.39, 0.29) is 13.0 Å². The Hall–Kier alpha value is -3.61. The molecule has 2 heterocycles. The maximum Gasteiger partial charge on any atom is 0.410 e. The molecule has 0 unspecified atom stereocenters. The number of likely N-dealkylation sites (tertiary alicyclic amines) is 1. The van der Waals surface area contributed by atoms with Crippen LogP contribution < -0.4 is 11.1 Å². The van der Waals surface area contributed by atoms with Crippen LogP contribution in [0, 0.1) is 5.82 Å². The summed E-state index contributed by atoms with van der Waals surface area (Å²) >= 11 is 0. The van der Waals surface area contributed by atoms with E-state index in [2.05, 4.69) is 10.2 Å². The number of alkyl halides is 1. The molecule has 2 aromatic rings. The highest BCUT2D eigenvalue weighted by atomic mass is 19.1. The smallest absolute Gasteiger partial charge is 0.410 e. The van der Waals surface area contributed by atoms with Gasteiger partial charge in [-0.1, -0.05) is 42.5 Å². The lowest BCUT2D eigenvalue weighted by atomic mass is 9.95. The Balaban J connectivity index is 1.23. The van der Waals surface area contributed by atoms with E-state index in [1.165, 1.54) is 11.0 Å². The summed E-state index contributed by atoms with van der Waals surface area (Å²) < 4.78 is 40.1. The molecule has 3 aliphatic rings. The number of benzene rings is 2. The lowest BCUT2D eigenvalue weighted by Crippen LogP contribution is -2.51. The van der Waals surface area contributed by atoms with Crippen molar-refractivity contribution in [3.05, 3.63) is 71.0 Å². The van der Waals surface area contributed by atoms with Gasteiger partial charge >= 0.3 is 6.09 Å². The fourth-order valence-electron chi connectivity index (χ4n) is 5.74. The Morgan fingerprint density at radius 2 is 1.79 bits per heavy atom. The van der Waals surface area contributed by atoms with Crippen LogP contribution >= 0.6 is 0 Å². The molecule has 1 saturated carbocycles. The number of methoxy groups -OCH3 is 1. The summed E-state index contributed by atoms with van der Waals surface area (Å²) in [6, 6.07) is 11.9. The molecule has 0 bridgehead atoms. The lowest BCUT2D eigenvalue weighted by molar-refractivity contribution is -0.141. The fourth-order valence-corrected chi connectivity index (χ4v) is 5.74. The Morgan fingerprint density at radius 1 is 1.07 bits per heavy atom. The third-order valence-corrected chi connectivity index (χ3v) is 8.51. The van der Waals surface area contributed by atoms with Crippen LogP contribution in [-0.4, -0.2) is 104 Å². The molecule has 2 aromatic carbocycles. The molecular weight excluding hydrogens is 560 g/mol. The molecular formula is C31H39F2N5O5. The highest BCUT2D eigenvalue weighted by Gasteiger charge is 2.43. The van der Waals surface area contributed by atoms with Gasteiger partial charge in [0.1, 0.15) is 18.0 Å². The average molecular weight is 600 g/mol. The van der Waals surface area contributed by atoms with E-state index in [4.69, 9.17) is 15.2 Å². The minimum Gasteiger partial charge on any atom is -0.439 e. The minimum absolute atomic E-state index is 0.195. The maximum absolute atomic E-state index is 15.1. The Kier molecular flexibility index (Phi) is 9.58. The summed E-state index contributed by atoms with van der Waals surface area (Å²) in [7, 11) is 1.64. The van der Waals surface area contributed by atoms with Gasteiger partial charge < -0.3 is 30.3 Å². The van der Waals surface area contributed by atoms with Crippen molar-refractivity contribution in [2.24, 2.45) is 5.73 Å². The van der Waals surface area contributed by atoms with Gasteiger partial charge in [0.2, 0.25) is 5.91 Å². The predicted octanol–water partition coefficient (Wildman–Crippen LogP) is 2.32. The molecule has 12 heteroatoms. The largest absolute Gasteiger partial charge is 0.439 e. The summed E-state index contributed by atoms with van der Waals surface area (Å²) in [5.41, 5.74) is 7.18. The number of nitrogens with two attached hydrogens (primary N) is 1. The van der Waals surface area contributed by atoms with Gasteiger partial charge in [-0.05, 0) is 30.0 Å². The lowest BCUT2D eigenvalue weighted by Gasteiger charge is -2.34. The van der Waals surface area contributed by atoms with Gasteiger partial charge in [-0.15, -0.1) is 0 Å². The molecule has 3 N–H and O–H groups in total. The second-order valence-corrected chi connectivity index (χ2v) is 11.5. The Labute approximate surface area is 250 Å². The van der Waals surface area contributed by atoms with Crippen LogP contribution in [0.4, 0.5) is 13.6 Å². The third kappa shape index (κ3) is 7.31. The monoisotopic (exact) mass is 599 g/mol. The van der Waals surface area contributed by atoms with Gasteiger partial charge in [-0.25, -0.2) is 13.6 Å². The molecule has 1 aliphatic carbocycles. The standard InChI is InChI=1S/C31H39F2N5O5/c1-42-16-15-36-11-13-37(14-12-36)30(41)43-20-27(39)38-19-23(32)18-26(38)29(40)35-28(21-5-3-2-4-6-21)22-7-8-24(25(33)17-22)31(34)9-10-31/h2-8,17,23,26,28H,9-16,18-20,34H2,1H3,(H,35,40)/t23-,26+,28+/m1/s1. The van der Waals surface area contributed by atoms with Crippen molar-refractivity contribution < 1.29 is 32.6 Å². The van der Waals surface area contributed by atoms with Gasteiger partial charge in [0, 0.05) is 57.4 Å². The van der Waals surface area contributed by atoms with E-state index in [1.807, 2.05) is 6.07 Å². The van der Waals surface area contributed by atoms with Crippen LogP contribution in [0.1, 0.15) is 42.0 Å². The summed E-state index contributed by atoms with van der Waals surface area (Å²) in [5, 5.41) is 2.91. The molecule has 10 nitrogen and oxygen atoms in total. The maximum atomic E-state index is 15.1. The predicted molar refractivity (Wildman–Crippen MR) is 154 cm³/mol. The summed E-state index contributed by atoms with van der Waals surface area (Å²) in [4.78, 5) is 44.0. The van der Waals surface area contributed by atoms with Crippen molar-refractivity contribution in [3.8, 4) is 0 Å². The van der Waals surface area contributed by atoms with Gasteiger partial charge in [0.25, 0.3) is 5.91 Å². The topological polar surface area (TPSA) is 117 Å². The van der Waals surface area contributed by atoms with Gasteiger partial charge in [0.05, 0.1) is 19.2 Å². The van der Waals surface area contributed by atoms with E-state index in [1.54, 1.807) is 43.5 Å². The van der Waals surface area contributed by atoms with E-state index >= 15 is 4.39 Å². The van der Waals surface area contributed by atoms with Crippen LogP contribution in [0.2, 0.25) is 0 Å². The number of halogens is 2. The molecule has 0 radical (unpaired) electrons. The van der Waals surface area contributed by atoms with Crippen LogP contribution in [0.25, 0.3) is 0 Å².